The van der Waals surface area contributed by atoms with E-state index in [1.165, 1.54) is 34.8 Å². The maximum Gasteiger partial charge on any atom is 0.142 e. The molecule has 96 valence electrons. The number of hydrogen-bond acceptors (Lipinski definition) is 2. The van der Waals surface area contributed by atoms with Gasteiger partial charge in [-0.2, -0.15) is 0 Å². The van der Waals surface area contributed by atoms with E-state index >= 15 is 0 Å². The summed E-state index contributed by atoms with van der Waals surface area (Å²) >= 11 is 2.58. The smallest absolute Gasteiger partial charge is 0.142 e. The van der Waals surface area contributed by atoms with Crippen LogP contribution in [-0.2, 0) is 0 Å². The normalized spacial score (nSPS) is 9.29. The fourth-order valence-corrected chi connectivity index (χ4v) is 3.19. The van der Waals surface area contributed by atoms with Crippen LogP contribution in [0.2, 0.25) is 0 Å². The summed E-state index contributed by atoms with van der Waals surface area (Å²) < 4.78 is 26.7. The van der Waals surface area contributed by atoms with E-state index in [0.717, 1.165) is 9.75 Å². The zero-order chi connectivity index (χ0) is 12.3. The maximum atomic E-state index is 13.3. The van der Waals surface area contributed by atoms with Crippen LogP contribution in [0.5, 0.6) is 0 Å². The molecule has 17 heavy (non-hydrogen) atoms. The predicted octanol–water partition coefficient (Wildman–Crippen LogP) is 5.40. The molecule has 2 aromatic heterocycles. The van der Waals surface area contributed by atoms with Gasteiger partial charge in [-0.05, 0) is 26.0 Å². The Labute approximate surface area is 139 Å². The molecule has 5 heteroatoms. The third-order valence-electron chi connectivity index (χ3n) is 1.83. The van der Waals surface area contributed by atoms with Crippen LogP contribution in [0.15, 0.2) is 12.1 Å². The van der Waals surface area contributed by atoms with Crippen LogP contribution in [-0.4, -0.2) is 0 Å². The van der Waals surface area contributed by atoms with Crippen LogP contribution in [0.3, 0.4) is 0 Å². The van der Waals surface area contributed by atoms with Gasteiger partial charge >= 0.3 is 0 Å². The molecule has 0 bridgehead atoms. The van der Waals surface area contributed by atoms with Crippen molar-refractivity contribution in [1.29, 1.82) is 0 Å². The number of halogens is 2. The Morgan fingerprint density at radius 3 is 1.29 bits per heavy atom. The summed E-state index contributed by atoms with van der Waals surface area (Å²) in [6, 6.07) is 2.88. The summed E-state index contributed by atoms with van der Waals surface area (Å²) in [6.07, 6.45) is 0. The fourth-order valence-electron chi connectivity index (χ4n) is 1.28. The Kier molecular flexibility index (Phi) is 8.09. The van der Waals surface area contributed by atoms with E-state index in [4.69, 9.17) is 0 Å². The standard InChI is InChI=1S/C10H8F2S2.C2H6.Ar/c1-5-3-7(11)9(13-5)10-8(12)4-6(2)14-10;1-2;/h3-4H,1-2H3;1-2H3;. The van der Waals surface area contributed by atoms with Gasteiger partial charge in [-0.1, -0.05) is 13.8 Å². The van der Waals surface area contributed by atoms with Crippen molar-refractivity contribution in [2.24, 2.45) is 0 Å². The van der Waals surface area contributed by atoms with Gasteiger partial charge in [0.25, 0.3) is 0 Å². The van der Waals surface area contributed by atoms with Gasteiger partial charge in [0.2, 0.25) is 0 Å². The Hall–Kier alpha value is 0.520. The van der Waals surface area contributed by atoms with E-state index in [9.17, 15) is 8.78 Å². The Balaban J connectivity index is 0.000000811. The zero-order valence-electron chi connectivity index (χ0n) is 10.1. The van der Waals surface area contributed by atoms with Gasteiger partial charge in [-0.25, -0.2) is 8.78 Å². The molecule has 0 aliphatic rings. The van der Waals surface area contributed by atoms with Crippen molar-refractivity contribution in [3.05, 3.63) is 33.5 Å². The second-order valence-corrected chi connectivity index (χ2v) is 5.58. The van der Waals surface area contributed by atoms with Gasteiger partial charge in [-0.3, -0.25) is 0 Å². The van der Waals surface area contributed by atoms with Gasteiger partial charge in [0.05, 0.1) is 9.75 Å². The molecule has 2 rings (SSSR count). The molecule has 2 heterocycles. The molecular formula is C12H14ArF2S2. The largest absolute Gasteiger partial charge is 0.205 e. The summed E-state index contributed by atoms with van der Waals surface area (Å²) in [6.45, 7) is 7.63. The molecule has 0 atom stereocenters. The molecule has 0 unspecified atom stereocenters. The van der Waals surface area contributed by atoms with Crippen LogP contribution in [0.4, 0.5) is 8.78 Å². The molecule has 0 amide bonds. The molecular weight excluding hydrogens is 286 g/mol. The molecule has 0 N–H and O–H groups in total. The maximum absolute atomic E-state index is 13.3. The van der Waals surface area contributed by atoms with Gasteiger partial charge in [0.1, 0.15) is 11.6 Å². The molecule has 0 aromatic carbocycles. The topological polar surface area (TPSA) is 0 Å². The fraction of sp³-hybridized carbons (Fsp3) is 0.333. The van der Waals surface area contributed by atoms with Crippen molar-refractivity contribution < 1.29 is 46.5 Å². The van der Waals surface area contributed by atoms with Crippen molar-refractivity contribution >= 4 is 22.7 Å². The van der Waals surface area contributed by atoms with E-state index in [1.807, 2.05) is 27.7 Å². The molecule has 0 saturated heterocycles. The van der Waals surface area contributed by atoms with Crippen molar-refractivity contribution in [1.82, 2.24) is 0 Å². The SMILES string of the molecule is CC.Cc1cc(F)c(-c2sc(C)cc2F)s1.[Ar]. The first-order chi connectivity index (χ1) is 7.58. The van der Waals surface area contributed by atoms with Crippen LogP contribution in [0.1, 0.15) is 23.6 Å². The van der Waals surface area contributed by atoms with Gasteiger partial charge in [0.15, 0.2) is 0 Å². The van der Waals surface area contributed by atoms with Gasteiger partial charge in [0, 0.05) is 47.5 Å². The first-order valence-electron chi connectivity index (χ1n) is 5.10. The second kappa shape index (κ2) is 7.85. The van der Waals surface area contributed by atoms with Crippen molar-refractivity contribution in [3.8, 4) is 9.75 Å². The average molecular weight is 300 g/mol. The van der Waals surface area contributed by atoms with Crippen LogP contribution in [0.25, 0.3) is 9.75 Å². The summed E-state index contributed by atoms with van der Waals surface area (Å²) in [4.78, 5) is 2.56. The van der Waals surface area contributed by atoms with E-state index in [0.29, 0.717) is 9.75 Å². The molecule has 0 nitrogen and oxygen atoms in total. The Morgan fingerprint density at radius 1 is 0.824 bits per heavy atom. The molecule has 0 aliphatic carbocycles. The third-order valence-corrected chi connectivity index (χ3v) is 4.04. The summed E-state index contributed by atoms with van der Waals surface area (Å²) in [7, 11) is 0. The Bertz CT molecular complexity index is 431. The van der Waals surface area contributed by atoms with E-state index in [-0.39, 0.29) is 49.4 Å². The van der Waals surface area contributed by atoms with Crippen molar-refractivity contribution in [2.45, 2.75) is 27.7 Å². The van der Waals surface area contributed by atoms with Crippen LogP contribution in [0, 0.1) is 63.2 Å². The van der Waals surface area contributed by atoms with E-state index in [2.05, 4.69) is 0 Å². The zero-order valence-corrected chi connectivity index (χ0v) is 12.4. The minimum absolute atomic E-state index is 0. The summed E-state index contributed by atoms with van der Waals surface area (Å²) in [5.41, 5.74) is 0. The molecule has 0 aliphatic heterocycles. The molecule has 2 aromatic rings. The quantitative estimate of drug-likeness (QED) is 0.661. The first kappa shape index (κ1) is 17.5. The number of thiophene rings is 2. The number of hydrogen-bond donors (Lipinski definition) is 0. The van der Waals surface area contributed by atoms with Crippen molar-refractivity contribution in [2.75, 3.05) is 0 Å². The third kappa shape index (κ3) is 4.28. The second-order valence-electron chi connectivity index (χ2n) is 3.07. The van der Waals surface area contributed by atoms with Crippen LogP contribution < -0.4 is 0 Å². The minimum atomic E-state index is -0.326. The molecule has 0 spiro atoms. The van der Waals surface area contributed by atoms with Gasteiger partial charge < -0.3 is 0 Å². The Morgan fingerprint density at radius 2 is 1.12 bits per heavy atom. The summed E-state index contributed by atoms with van der Waals surface area (Å²) in [5.74, 6) is -0.651. The first-order valence-corrected chi connectivity index (χ1v) is 6.73. The molecule has 0 fully saturated rings. The van der Waals surface area contributed by atoms with E-state index in [1.54, 1.807) is 0 Å². The average Bonchev–Trinajstić information content (AvgIpc) is 2.72. The van der Waals surface area contributed by atoms with Crippen LogP contribution >= 0.6 is 22.7 Å². The van der Waals surface area contributed by atoms with Crippen molar-refractivity contribution in [3.63, 3.8) is 0 Å². The van der Waals surface area contributed by atoms with Gasteiger partial charge in [-0.15, -0.1) is 22.7 Å². The predicted molar refractivity (Wildman–Crippen MR) is 68.4 cm³/mol. The number of rotatable bonds is 1. The molecule has 0 saturated carbocycles. The summed E-state index contributed by atoms with van der Waals surface area (Å²) in [5, 5.41) is 0. The van der Waals surface area contributed by atoms with E-state index < -0.39 is 0 Å². The molecule has 0 radical (unpaired) electrons. The minimum Gasteiger partial charge on any atom is -0.205 e. The monoisotopic (exact) mass is 300 g/mol. The number of aryl methyl sites for hydroxylation is 2.